The quantitative estimate of drug-likeness (QED) is 0.794. The number of rotatable bonds is 7. The van der Waals surface area contributed by atoms with Gasteiger partial charge in [0.25, 0.3) is 0 Å². The average molecular weight is 263 g/mol. The monoisotopic (exact) mass is 263 g/mol. The minimum absolute atomic E-state index is 0.513. The Bertz CT molecular complexity index is 415. The molecule has 0 heterocycles. The Morgan fingerprint density at radius 1 is 1.37 bits per heavy atom. The summed E-state index contributed by atoms with van der Waals surface area (Å²) in [7, 11) is 1.64. The number of ether oxygens (including phenoxy) is 1. The molecule has 2 unspecified atom stereocenters. The Balaban J connectivity index is 1.87. The molecule has 3 nitrogen and oxygen atoms in total. The van der Waals surface area contributed by atoms with Gasteiger partial charge in [-0.05, 0) is 50.3 Å². The summed E-state index contributed by atoms with van der Waals surface area (Å²) in [6.45, 7) is 5.87. The summed E-state index contributed by atoms with van der Waals surface area (Å²) in [4.78, 5) is 0. The van der Waals surface area contributed by atoms with E-state index in [1.807, 2.05) is 25.1 Å². The fourth-order valence-corrected chi connectivity index (χ4v) is 2.50. The zero-order chi connectivity index (χ0) is 13.8. The molecule has 1 aliphatic rings. The van der Waals surface area contributed by atoms with Crippen molar-refractivity contribution in [3.63, 3.8) is 0 Å². The summed E-state index contributed by atoms with van der Waals surface area (Å²) < 4.78 is 5.31. The van der Waals surface area contributed by atoms with E-state index in [1.165, 1.54) is 12.8 Å². The van der Waals surface area contributed by atoms with Gasteiger partial charge >= 0.3 is 0 Å². The number of aryl methyl sites for hydroxylation is 1. The van der Waals surface area contributed by atoms with Crippen LogP contribution in [0.1, 0.15) is 37.0 Å². The maximum Gasteiger partial charge on any atom is 0.124 e. The first-order valence-corrected chi connectivity index (χ1v) is 7.15. The highest BCUT2D eigenvalue weighted by Gasteiger charge is 2.27. The highest BCUT2D eigenvalue weighted by Crippen LogP contribution is 2.36. The van der Waals surface area contributed by atoms with Gasteiger partial charge in [0, 0.05) is 12.1 Å². The van der Waals surface area contributed by atoms with Crippen molar-refractivity contribution in [3.05, 3.63) is 29.3 Å². The molecule has 0 aliphatic heterocycles. The van der Waals surface area contributed by atoms with E-state index >= 15 is 0 Å². The SMILES string of the molecule is COc1ccc(C)cc1C(O)CNCC(C)C1CC1. The molecule has 2 atom stereocenters. The summed E-state index contributed by atoms with van der Waals surface area (Å²) in [5, 5.41) is 13.7. The highest BCUT2D eigenvalue weighted by atomic mass is 16.5. The van der Waals surface area contributed by atoms with Crippen molar-refractivity contribution in [2.24, 2.45) is 11.8 Å². The average Bonchev–Trinajstić information content (AvgIpc) is 3.22. The Morgan fingerprint density at radius 3 is 2.74 bits per heavy atom. The molecule has 1 saturated carbocycles. The van der Waals surface area contributed by atoms with Crippen LogP contribution in [-0.2, 0) is 0 Å². The molecule has 1 fully saturated rings. The van der Waals surface area contributed by atoms with Gasteiger partial charge in [-0.1, -0.05) is 18.6 Å². The van der Waals surface area contributed by atoms with E-state index in [0.29, 0.717) is 12.5 Å². The molecule has 0 spiro atoms. The van der Waals surface area contributed by atoms with Crippen molar-refractivity contribution >= 4 is 0 Å². The van der Waals surface area contributed by atoms with E-state index in [4.69, 9.17) is 4.74 Å². The first-order valence-electron chi connectivity index (χ1n) is 7.15. The number of aliphatic hydroxyl groups is 1. The molecule has 2 rings (SSSR count). The van der Waals surface area contributed by atoms with Gasteiger partial charge in [0.1, 0.15) is 5.75 Å². The van der Waals surface area contributed by atoms with E-state index in [1.54, 1.807) is 7.11 Å². The van der Waals surface area contributed by atoms with Crippen molar-refractivity contribution in [1.29, 1.82) is 0 Å². The van der Waals surface area contributed by atoms with E-state index in [9.17, 15) is 5.11 Å². The first kappa shape index (κ1) is 14.4. The predicted molar refractivity (Wildman–Crippen MR) is 77.4 cm³/mol. The molecular formula is C16H25NO2. The van der Waals surface area contributed by atoms with Crippen molar-refractivity contribution in [1.82, 2.24) is 5.32 Å². The van der Waals surface area contributed by atoms with Crippen molar-refractivity contribution in [3.8, 4) is 5.75 Å². The number of hydrogen-bond donors (Lipinski definition) is 2. The van der Waals surface area contributed by atoms with Crippen LogP contribution in [0.4, 0.5) is 0 Å². The van der Waals surface area contributed by atoms with E-state index in [-0.39, 0.29) is 0 Å². The normalized spacial score (nSPS) is 18.1. The second kappa shape index (κ2) is 6.40. The van der Waals surface area contributed by atoms with E-state index < -0.39 is 6.10 Å². The second-order valence-corrected chi connectivity index (χ2v) is 5.73. The zero-order valence-electron chi connectivity index (χ0n) is 12.1. The largest absolute Gasteiger partial charge is 0.496 e. The zero-order valence-corrected chi connectivity index (χ0v) is 12.1. The number of methoxy groups -OCH3 is 1. The van der Waals surface area contributed by atoms with Crippen LogP contribution >= 0.6 is 0 Å². The molecule has 0 aromatic heterocycles. The molecule has 0 radical (unpaired) electrons. The lowest BCUT2D eigenvalue weighted by atomic mass is 10.0. The third kappa shape index (κ3) is 3.95. The van der Waals surface area contributed by atoms with Crippen LogP contribution in [0.15, 0.2) is 18.2 Å². The van der Waals surface area contributed by atoms with Crippen LogP contribution in [0, 0.1) is 18.8 Å². The fraction of sp³-hybridized carbons (Fsp3) is 0.625. The molecule has 3 heteroatoms. The Labute approximate surface area is 116 Å². The second-order valence-electron chi connectivity index (χ2n) is 5.73. The number of benzene rings is 1. The lowest BCUT2D eigenvalue weighted by molar-refractivity contribution is 0.168. The smallest absolute Gasteiger partial charge is 0.124 e. The van der Waals surface area contributed by atoms with Crippen LogP contribution in [-0.4, -0.2) is 25.3 Å². The van der Waals surface area contributed by atoms with Crippen LogP contribution in [0.5, 0.6) is 5.75 Å². The molecule has 1 aliphatic carbocycles. The van der Waals surface area contributed by atoms with Crippen LogP contribution in [0.25, 0.3) is 0 Å². The topological polar surface area (TPSA) is 41.5 Å². The third-order valence-corrected chi connectivity index (χ3v) is 3.97. The Kier molecular flexibility index (Phi) is 4.83. The third-order valence-electron chi connectivity index (χ3n) is 3.97. The molecule has 1 aromatic carbocycles. The number of aliphatic hydroxyl groups excluding tert-OH is 1. The summed E-state index contributed by atoms with van der Waals surface area (Å²) in [6.07, 6.45) is 2.23. The molecule has 19 heavy (non-hydrogen) atoms. The van der Waals surface area contributed by atoms with Crippen LogP contribution in [0.3, 0.4) is 0 Å². The van der Waals surface area contributed by atoms with Gasteiger partial charge in [0.15, 0.2) is 0 Å². The summed E-state index contributed by atoms with van der Waals surface area (Å²) in [6, 6.07) is 5.91. The van der Waals surface area contributed by atoms with Crippen molar-refractivity contribution < 1.29 is 9.84 Å². The molecule has 0 bridgehead atoms. The number of nitrogens with one attached hydrogen (secondary N) is 1. The summed E-state index contributed by atoms with van der Waals surface area (Å²) in [5.41, 5.74) is 2.01. The number of hydrogen-bond acceptors (Lipinski definition) is 3. The molecule has 2 N–H and O–H groups in total. The van der Waals surface area contributed by atoms with Crippen molar-refractivity contribution in [2.75, 3.05) is 20.2 Å². The first-order chi connectivity index (χ1) is 9.11. The Hall–Kier alpha value is -1.06. The van der Waals surface area contributed by atoms with Crippen molar-refractivity contribution in [2.45, 2.75) is 32.8 Å². The van der Waals surface area contributed by atoms with Gasteiger partial charge in [-0.2, -0.15) is 0 Å². The molecule has 0 saturated heterocycles. The molecule has 0 amide bonds. The van der Waals surface area contributed by atoms with Gasteiger partial charge in [-0.15, -0.1) is 0 Å². The fourth-order valence-electron chi connectivity index (χ4n) is 2.50. The van der Waals surface area contributed by atoms with Gasteiger partial charge in [-0.3, -0.25) is 0 Å². The minimum Gasteiger partial charge on any atom is -0.496 e. The van der Waals surface area contributed by atoms with Gasteiger partial charge in [0.05, 0.1) is 13.2 Å². The Morgan fingerprint density at radius 2 is 2.11 bits per heavy atom. The molecule has 106 valence electrons. The highest BCUT2D eigenvalue weighted by molar-refractivity contribution is 5.38. The maximum atomic E-state index is 10.3. The van der Waals surface area contributed by atoms with Gasteiger partial charge in [-0.25, -0.2) is 0 Å². The van der Waals surface area contributed by atoms with E-state index in [2.05, 4.69) is 12.2 Å². The standard InChI is InChI=1S/C16H25NO2/c1-11-4-7-16(19-3)14(8-11)15(18)10-17-9-12(2)13-5-6-13/h4,7-8,12-13,15,17-18H,5-6,9-10H2,1-3H3. The molecule has 1 aromatic rings. The summed E-state index contributed by atoms with van der Waals surface area (Å²) in [5.74, 6) is 2.37. The van der Waals surface area contributed by atoms with E-state index in [0.717, 1.165) is 29.3 Å². The maximum absolute atomic E-state index is 10.3. The van der Waals surface area contributed by atoms with Gasteiger partial charge in [0.2, 0.25) is 0 Å². The lowest BCUT2D eigenvalue weighted by Gasteiger charge is -2.18. The molecular weight excluding hydrogens is 238 g/mol. The van der Waals surface area contributed by atoms with Crippen LogP contribution in [0.2, 0.25) is 0 Å². The predicted octanol–water partition coefficient (Wildman–Crippen LogP) is 2.67. The van der Waals surface area contributed by atoms with Gasteiger partial charge < -0.3 is 15.2 Å². The lowest BCUT2D eigenvalue weighted by Crippen LogP contribution is -2.27. The summed E-state index contributed by atoms with van der Waals surface area (Å²) >= 11 is 0. The minimum atomic E-state index is -0.513. The van der Waals surface area contributed by atoms with Crippen LogP contribution < -0.4 is 10.1 Å².